The maximum atomic E-state index is 12.5. The normalized spacial score (nSPS) is 10.2. The molecule has 0 atom stereocenters. The molecule has 3 rings (SSSR count). The number of anilines is 2. The van der Waals surface area contributed by atoms with Gasteiger partial charge in [0.25, 0.3) is 5.91 Å². The number of benzene rings is 1. The SMILES string of the molecule is CC(=O)Nc1cc(C(=O)Nc2cncc(-c3ccccc3Cl)c2)ccn1. The number of nitrogens with zero attached hydrogens (tertiary/aromatic N) is 2. The molecule has 1 aromatic carbocycles. The summed E-state index contributed by atoms with van der Waals surface area (Å²) in [7, 11) is 0. The zero-order valence-electron chi connectivity index (χ0n) is 13.9. The Bertz CT molecular complexity index is 975. The van der Waals surface area contributed by atoms with Gasteiger partial charge in [0.2, 0.25) is 5.91 Å². The molecule has 6 nitrogen and oxygen atoms in total. The third-order valence-electron chi connectivity index (χ3n) is 3.51. The van der Waals surface area contributed by atoms with Crippen molar-refractivity contribution in [1.29, 1.82) is 0 Å². The van der Waals surface area contributed by atoms with Gasteiger partial charge >= 0.3 is 0 Å². The minimum Gasteiger partial charge on any atom is -0.321 e. The second-order valence-corrected chi connectivity index (χ2v) is 5.91. The second-order valence-electron chi connectivity index (χ2n) is 5.51. The van der Waals surface area contributed by atoms with Crippen molar-refractivity contribution >= 4 is 34.9 Å². The van der Waals surface area contributed by atoms with Crippen LogP contribution in [0.1, 0.15) is 17.3 Å². The highest BCUT2D eigenvalue weighted by atomic mass is 35.5. The molecule has 0 saturated heterocycles. The van der Waals surface area contributed by atoms with E-state index in [1.165, 1.54) is 19.2 Å². The highest BCUT2D eigenvalue weighted by Gasteiger charge is 2.10. The fourth-order valence-corrected chi connectivity index (χ4v) is 2.62. The first-order valence-corrected chi connectivity index (χ1v) is 8.15. The fourth-order valence-electron chi connectivity index (χ4n) is 2.37. The van der Waals surface area contributed by atoms with Gasteiger partial charge in [-0.05, 0) is 24.3 Å². The average Bonchev–Trinajstić information content (AvgIpc) is 2.62. The highest BCUT2D eigenvalue weighted by Crippen LogP contribution is 2.28. The number of hydrogen-bond donors (Lipinski definition) is 2. The lowest BCUT2D eigenvalue weighted by atomic mass is 10.1. The molecule has 0 aliphatic heterocycles. The van der Waals surface area contributed by atoms with Crippen LogP contribution in [0.5, 0.6) is 0 Å². The zero-order valence-corrected chi connectivity index (χ0v) is 14.6. The molecular formula is C19H15ClN4O2. The minimum absolute atomic E-state index is 0.258. The van der Waals surface area contributed by atoms with Crippen molar-refractivity contribution < 1.29 is 9.59 Å². The molecule has 0 saturated carbocycles. The average molecular weight is 367 g/mol. The Hall–Kier alpha value is -3.25. The summed E-state index contributed by atoms with van der Waals surface area (Å²) in [5, 5.41) is 5.93. The van der Waals surface area contributed by atoms with Crippen molar-refractivity contribution in [2.75, 3.05) is 10.6 Å². The third-order valence-corrected chi connectivity index (χ3v) is 3.84. The van der Waals surface area contributed by atoms with Crippen molar-refractivity contribution in [3.8, 4) is 11.1 Å². The molecule has 0 bridgehead atoms. The predicted octanol–water partition coefficient (Wildman–Crippen LogP) is 4.01. The maximum absolute atomic E-state index is 12.5. The van der Waals surface area contributed by atoms with Crippen LogP contribution in [0.25, 0.3) is 11.1 Å². The number of hydrogen-bond acceptors (Lipinski definition) is 4. The number of carbonyl (C=O) groups excluding carboxylic acids is 2. The molecule has 3 aromatic rings. The van der Waals surface area contributed by atoms with Crippen molar-refractivity contribution in [2.24, 2.45) is 0 Å². The molecule has 2 heterocycles. The molecule has 7 heteroatoms. The molecule has 0 unspecified atom stereocenters. The zero-order chi connectivity index (χ0) is 18.5. The molecule has 130 valence electrons. The first kappa shape index (κ1) is 17.6. The van der Waals surface area contributed by atoms with Gasteiger partial charge in [-0.1, -0.05) is 29.8 Å². The first-order valence-electron chi connectivity index (χ1n) is 7.78. The molecule has 2 aromatic heterocycles. The fraction of sp³-hybridized carbons (Fsp3) is 0.0526. The largest absolute Gasteiger partial charge is 0.321 e. The summed E-state index contributed by atoms with van der Waals surface area (Å²) in [6.07, 6.45) is 4.69. The van der Waals surface area contributed by atoms with E-state index >= 15 is 0 Å². The molecule has 0 aliphatic rings. The van der Waals surface area contributed by atoms with E-state index < -0.39 is 0 Å². The number of halogens is 1. The van der Waals surface area contributed by atoms with Gasteiger partial charge < -0.3 is 10.6 Å². The molecule has 0 fully saturated rings. The number of rotatable bonds is 4. The van der Waals surface area contributed by atoms with Crippen molar-refractivity contribution in [3.63, 3.8) is 0 Å². The van der Waals surface area contributed by atoms with Crippen LogP contribution in [0.2, 0.25) is 5.02 Å². The van der Waals surface area contributed by atoms with Crippen LogP contribution in [0.4, 0.5) is 11.5 Å². The number of nitrogens with one attached hydrogen (secondary N) is 2. The topological polar surface area (TPSA) is 84.0 Å². The monoisotopic (exact) mass is 366 g/mol. The Morgan fingerprint density at radius 3 is 2.62 bits per heavy atom. The van der Waals surface area contributed by atoms with Crippen LogP contribution in [-0.4, -0.2) is 21.8 Å². The third kappa shape index (κ3) is 4.23. The molecule has 2 N–H and O–H groups in total. The van der Waals surface area contributed by atoms with Gasteiger partial charge in [0.1, 0.15) is 5.82 Å². The van der Waals surface area contributed by atoms with Crippen molar-refractivity contribution in [3.05, 3.63) is 71.6 Å². The van der Waals surface area contributed by atoms with Crippen LogP contribution in [0.3, 0.4) is 0 Å². The van der Waals surface area contributed by atoms with E-state index in [0.29, 0.717) is 22.1 Å². The standard InChI is InChI=1S/C19H15ClN4O2/c1-12(25)23-18-9-13(6-7-22-18)19(26)24-15-8-14(10-21-11-15)16-4-2-3-5-17(16)20/h2-11H,1H3,(H,24,26)(H,22,23,25). The lowest BCUT2D eigenvalue weighted by Crippen LogP contribution is -2.14. The summed E-state index contributed by atoms with van der Waals surface area (Å²) >= 11 is 6.22. The van der Waals surface area contributed by atoms with Gasteiger partial charge in [0, 0.05) is 41.0 Å². The number of aromatic nitrogens is 2. The number of pyridine rings is 2. The Balaban J connectivity index is 1.81. The van der Waals surface area contributed by atoms with E-state index in [1.807, 2.05) is 18.2 Å². The minimum atomic E-state index is -0.336. The summed E-state index contributed by atoms with van der Waals surface area (Å²) in [6, 6.07) is 12.3. The quantitative estimate of drug-likeness (QED) is 0.730. The Kier molecular flexibility index (Phi) is 5.24. The lowest BCUT2D eigenvalue weighted by molar-refractivity contribution is -0.114. The van der Waals surface area contributed by atoms with Gasteiger partial charge in [0.15, 0.2) is 0 Å². The summed E-state index contributed by atoms with van der Waals surface area (Å²) in [5.74, 6) is -0.281. The van der Waals surface area contributed by atoms with Crippen LogP contribution >= 0.6 is 11.6 Å². The predicted molar refractivity (Wildman–Crippen MR) is 101 cm³/mol. The Morgan fingerprint density at radius 2 is 1.85 bits per heavy atom. The van der Waals surface area contributed by atoms with Crippen LogP contribution < -0.4 is 10.6 Å². The van der Waals surface area contributed by atoms with E-state index in [2.05, 4.69) is 20.6 Å². The molecule has 26 heavy (non-hydrogen) atoms. The summed E-state index contributed by atoms with van der Waals surface area (Å²) in [4.78, 5) is 31.7. The van der Waals surface area contributed by atoms with E-state index in [-0.39, 0.29) is 11.8 Å². The van der Waals surface area contributed by atoms with Gasteiger partial charge in [-0.25, -0.2) is 4.98 Å². The molecule has 0 spiro atoms. The van der Waals surface area contributed by atoms with Gasteiger partial charge in [-0.3, -0.25) is 14.6 Å². The summed E-state index contributed by atoms with van der Waals surface area (Å²) in [6.45, 7) is 1.38. The molecule has 2 amide bonds. The van der Waals surface area contributed by atoms with Crippen LogP contribution in [0, 0.1) is 0 Å². The van der Waals surface area contributed by atoms with Crippen molar-refractivity contribution in [2.45, 2.75) is 6.92 Å². The summed E-state index contributed by atoms with van der Waals surface area (Å²) in [5.41, 5.74) is 2.52. The van der Waals surface area contributed by atoms with Crippen LogP contribution in [-0.2, 0) is 4.79 Å². The molecule has 0 radical (unpaired) electrons. The second kappa shape index (κ2) is 7.76. The van der Waals surface area contributed by atoms with E-state index in [0.717, 1.165) is 11.1 Å². The van der Waals surface area contributed by atoms with Gasteiger partial charge in [0.05, 0.1) is 11.9 Å². The van der Waals surface area contributed by atoms with E-state index in [1.54, 1.807) is 30.6 Å². The Labute approximate surface area is 155 Å². The highest BCUT2D eigenvalue weighted by molar-refractivity contribution is 6.33. The summed E-state index contributed by atoms with van der Waals surface area (Å²) < 4.78 is 0. The number of amides is 2. The Morgan fingerprint density at radius 1 is 1.04 bits per heavy atom. The maximum Gasteiger partial charge on any atom is 0.255 e. The lowest BCUT2D eigenvalue weighted by Gasteiger charge is -2.09. The first-order chi connectivity index (χ1) is 12.5. The smallest absolute Gasteiger partial charge is 0.255 e. The van der Waals surface area contributed by atoms with Crippen LogP contribution in [0.15, 0.2) is 61.1 Å². The van der Waals surface area contributed by atoms with Crippen molar-refractivity contribution in [1.82, 2.24) is 9.97 Å². The van der Waals surface area contributed by atoms with Gasteiger partial charge in [-0.15, -0.1) is 0 Å². The van der Waals surface area contributed by atoms with E-state index in [9.17, 15) is 9.59 Å². The molecular weight excluding hydrogens is 352 g/mol. The molecule has 0 aliphatic carbocycles. The van der Waals surface area contributed by atoms with E-state index in [4.69, 9.17) is 11.6 Å². The van der Waals surface area contributed by atoms with Gasteiger partial charge in [-0.2, -0.15) is 0 Å². The number of carbonyl (C=O) groups is 2.